The maximum atomic E-state index is 11.3. The molecular formula is C16H20N2O. The van der Waals surface area contributed by atoms with Crippen LogP contribution in [-0.4, -0.2) is 15.3 Å². The fourth-order valence-electron chi connectivity index (χ4n) is 3.10. The van der Waals surface area contributed by atoms with E-state index < -0.39 is 0 Å². The van der Waals surface area contributed by atoms with Crippen LogP contribution in [-0.2, 0) is 18.3 Å². The number of hydrogen-bond donors (Lipinski definition) is 0. The van der Waals surface area contributed by atoms with Crippen molar-refractivity contribution >= 4 is 16.8 Å². The van der Waals surface area contributed by atoms with Crippen molar-refractivity contribution in [2.75, 3.05) is 0 Å². The predicted molar refractivity (Wildman–Crippen MR) is 76.3 cm³/mol. The summed E-state index contributed by atoms with van der Waals surface area (Å²) in [5.41, 5.74) is 3.66. The topological polar surface area (TPSA) is 34.9 Å². The highest BCUT2D eigenvalue weighted by atomic mass is 16.1. The molecule has 1 aliphatic rings. The van der Waals surface area contributed by atoms with Crippen LogP contribution in [0.2, 0.25) is 0 Å². The third kappa shape index (κ3) is 2.18. The molecule has 2 aromatic rings. The van der Waals surface area contributed by atoms with Gasteiger partial charge in [-0.3, -0.25) is 4.79 Å². The van der Waals surface area contributed by atoms with Crippen LogP contribution in [0.15, 0.2) is 18.2 Å². The summed E-state index contributed by atoms with van der Waals surface area (Å²) in [5, 5.41) is 0. The first-order valence-electron chi connectivity index (χ1n) is 7.16. The summed E-state index contributed by atoms with van der Waals surface area (Å²) in [6, 6.07) is 6.58. The number of Topliss-reactive ketones (excluding diaryl/α,β-unsaturated/α-hetero) is 1. The van der Waals surface area contributed by atoms with Crippen LogP contribution < -0.4 is 0 Å². The van der Waals surface area contributed by atoms with Crippen LogP contribution in [0.5, 0.6) is 0 Å². The van der Waals surface area contributed by atoms with Gasteiger partial charge in [-0.1, -0.05) is 13.0 Å². The predicted octanol–water partition coefficient (Wildman–Crippen LogP) is 3.36. The lowest BCUT2D eigenvalue weighted by atomic mass is 9.83. The smallest absolute Gasteiger partial charge is 0.132 e. The van der Waals surface area contributed by atoms with E-state index in [1.807, 2.05) is 0 Å². The van der Waals surface area contributed by atoms with Gasteiger partial charge in [0.1, 0.15) is 11.6 Å². The number of carbonyl (C=O) groups excluding carboxylic acids is 1. The summed E-state index contributed by atoms with van der Waals surface area (Å²) in [6.45, 7) is 2.13. The van der Waals surface area contributed by atoms with Gasteiger partial charge in [-0.2, -0.15) is 0 Å². The number of rotatable bonds is 2. The molecule has 0 radical (unpaired) electrons. The molecule has 1 saturated carbocycles. The minimum absolute atomic E-state index is 0.422. The lowest BCUT2D eigenvalue weighted by molar-refractivity contribution is -0.120. The van der Waals surface area contributed by atoms with Crippen LogP contribution in [0.4, 0.5) is 0 Å². The van der Waals surface area contributed by atoms with Crippen molar-refractivity contribution in [3.63, 3.8) is 0 Å². The molecule has 0 unspecified atom stereocenters. The molecule has 3 nitrogen and oxygen atoms in total. The average molecular weight is 256 g/mol. The van der Waals surface area contributed by atoms with Crippen LogP contribution >= 0.6 is 0 Å². The normalized spacial score (nSPS) is 17.3. The Morgan fingerprint density at radius 3 is 2.74 bits per heavy atom. The molecule has 0 saturated heterocycles. The molecule has 0 N–H and O–H groups in total. The zero-order valence-corrected chi connectivity index (χ0v) is 11.6. The Labute approximate surface area is 113 Å². The molecule has 0 atom stereocenters. The molecule has 100 valence electrons. The average Bonchev–Trinajstić information content (AvgIpc) is 2.76. The molecule has 1 aromatic heterocycles. The summed E-state index contributed by atoms with van der Waals surface area (Å²) in [4.78, 5) is 16.0. The van der Waals surface area contributed by atoms with Crippen LogP contribution in [0.1, 0.15) is 49.9 Å². The summed E-state index contributed by atoms with van der Waals surface area (Å²) in [6.07, 6.45) is 4.45. The number of benzene rings is 1. The Morgan fingerprint density at radius 1 is 1.32 bits per heavy atom. The van der Waals surface area contributed by atoms with E-state index in [2.05, 4.69) is 41.7 Å². The first-order valence-corrected chi connectivity index (χ1v) is 7.16. The van der Waals surface area contributed by atoms with E-state index >= 15 is 0 Å². The maximum Gasteiger partial charge on any atom is 0.132 e. The van der Waals surface area contributed by atoms with Gasteiger partial charge in [-0.05, 0) is 36.5 Å². The highest BCUT2D eigenvalue weighted by Crippen LogP contribution is 2.32. The van der Waals surface area contributed by atoms with Crippen LogP contribution in [0.3, 0.4) is 0 Å². The lowest BCUT2D eigenvalue weighted by Crippen LogP contribution is -2.12. The van der Waals surface area contributed by atoms with Gasteiger partial charge in [-0.25, -0.2) is 4.98 Å². The SMILES string of the molecule is CCc1nc2ccc(C3CCC(=O)CC3)cc2n1C. The molecule has 19 heavy (non-hydrogen) atoms. The molecule has 0 spiro atoms. The minimum Gasteiger partial charge on any atom is -0.331 e. The molecule has 1 aliphatic carbocycles. The van der Waals surface area contributed by atoms with Gasteiger partial charge >= 0.3 is 0 Å². The monoisotopic (exact) mass is 256 g/mol. The number of aryl methyl sites for hydroxylation is 2. The van der Waals surface area contributed by atoms with Crippen LogP contribution in [0, 0.1) is 0 Å². The maximum absolute atomic E-state index is 11.3. The Balaban J connectivity index is 1.97. The molecule has 0 amide bonds. The zero-order valence-electron chi connectivity index (χ0n) is 11.6. The first-order chi connectivity index (χ1) is 9.19. The van der Waals surface area contributed by atoms with E-state index in [4.69, 9.17) is 0 Å². The molecular weight excluding hydrogens is 236 g/mol. The van der Waals surface area contributed by atoms with Gasteiger partial charge in [0.15, 0.2) is 0 Å². The number of imidazole rings is 1. The van der Waals surface area contributed by atoms with E-state index in [1.165, 1.54) is 11.1 Å². The van der Waals surface area contributed by atoms with Gasteiger partial charge in [0.25, 0.3) is 0 Å². The molecule has 0 aliphatic heterocycles. The third-order valence-electron chi connectivity index (χ3n) is 4.33. The zero-order chi connectivity index (χ0) is 13.4. The highest BCUT2D eigenvalue weighted by molar-refractivity contribution is 5.80. The first kappa shape index (κ1) is 12.4. The second kappa shape index (κ2) is 4.80. The summed E-state index contributed by atoms with van der Waals surface area (Å²) < 4.78 is 2.19. The van der Waals surface area contributed by atoms with E-state index in [0.29, 0.717) is 11.7 Å². The number of hydrogen-bond acceptors (Lipinski definition) is 2. The van der Waals surface area contributed by atoms with Gasteiger partial charge in [0.2, 0.25) is 0 Å². The van der Waals surface area contributed by atoms with E-state index in [-0.39, 0.29) is 0 Å². The summed E-state index contributed by atoms with van der Waals surface area (Å²) >= 11 is 0. The molecule has 3 rings (SSSR count). The van der Waals surface area contributed by atoms with Crippen molar-refractivity contribution < 1.29 is 4.79 Å². The Hall–Kier alpha value is -1.64. The second-order valence-electron chi connectivity index (χ2n) is 5.50. The van der Waals surface area contributed by atoms with E-state index in [9.17, 15) is 4.79 Å². The van der Waals surface area contributed by atoms with Crippen molar-refractivity contribution in [1.82, 2.24) is 9.55 Å². The number of aromatic nitrogens is 2. The Kier molecular flexibility index (Phi) is 3.13. The third-order valence-corrected chi connectivity index (χ3v) is 4.33. The van der Waals surface area contributed by atoms with Gasteiger partial charge in [-0.15, -0.1) is 0 Å². The minimum atomic E-state index is 0.422. The number of nitrogens with zero attached hydrogens (tertiary/aromatic N) is 2. The molecule has 1 heterocycles. The number of fused-ring (bicyclic) bond motifs is 1. The Bertz CT molecular complexity index is 617. The number of carbonyl (C=O) groups is 1. The van der Waals surface area contributed by atoms with Crippen molar-refractivity contribution in [3.8, 4) is 0 Å². The van der Waals surface area contributed by atoms with E-state index in [0.717, 1.165) is 43.4 Å². The van der Waals surface area contributed by atoms with Crippen molar-refractivity contribution in [3.05, 3.63) is 29.6 Å². The quantitative estimate of drug-likeness (QED) is 0.825. The standard InChI is InChI=1S/C16H20N2O/c1-3-16-17-14-9-6-12(10-15(14)18(16)2)11-4-7-13(19)8-5-11/h6,9-11H,3-5,7-8H2,1-2H3. The fraction of sp³-hybridized carbons (Fsp3) is 0.500. The Morgan fingerprint density at radius 2 is 2.05 bits per heavy atom. The summed E-state index contributed by atoms with van der Waals surface area (Å²) in [7, 11) is 2.09. The van der Waals surface area contributed by atoms with E-state index in [1.54, 1.807) is 0 Å². The molecule has 1 fully saturated rings. The number of ketones is 1. The molecule has 1 aromatic carbocycles. The van der Waals surface area contributed by atoms with Gasteiger partial charge in [0.05, 0.1) is 11.0 Å². The second-order valence-corrected chi connectivity index (χ2v) is 5.50. The fourth-order valence-corrected chi connectivity index (χ4v) is 3.10. The molecule has 0 bridgehead atoms. The lowest BCUT2D eigenvalue weighted by Gasteiger charge is -2.21. The van der Waals surface area contributed by atoms with Gasteiger partial charge < -0.3 is 4.57 Å². The van der Waals surface area contributed by atoms with Crippen LogP contribution in [0.25, 0.3) is 11.0 Å². The molecule has 3 heteroatoms. The van der Waals surface area contributed by atoms with Crippen molar-refractivity contribution in [1.29, 1.82) is 0 Å². The largest absolute Gasteiger partial charge is 0.331 e. The van der Waals surface area contributed by atoms with Crippen molar-refractivity contribution in [2.45, 2.75) is 44.9 Å². The highest BCUT2D eigenvalue weighted by Gasteiger charge is 2.20. The van der Waals surface area contributed by atoms with Gasteiger partial charge in [0, 0.05) is 26.3 Å². The van der Waals surface area contributed by atoms with Crippen molar-refractivity contribution in [2.24, 2.45) is 7.05 Å². The summed E-state index contributed by atoms with van der Waals surface area (Å²) in [5.74, 6) is 2.10.